The molecule has 0 saturated carbocycles. The largest absolute Gasteiger partial charge is 0.494 e. The van der Waals surface area contributed by atoms with E-state index in [1.54, 1.807) is 0 Å². The molecule has 1 aromatic carbocycles. The van der Waals surface area contributed by atoms with E-state index in [0.717, 1.165) is 16.5 Å². The van der Waals surface area contributed by atoms with Gasteiger partial charge in [-0.05, 0) is 77.3 Å². The Morgan fingerprint density at radius 2 is 1.00 bits per heavy atom. The fourth-order valence-electron chi connectivity index (χ4n) is 3.84. The van der Waals surface area contributed by atoms with Crippen LogP contribution in [0.25, 0.3) is 5.47 Å². The van der Waals surface area contributed by atoms with Crippen LogP contribution in [0.1, 0.15) is 81.7 Å². The van der Waals surface area contributed by atoms with Crippen LogP contribution in [-0.4, -0.2) is 36.6 Å². The normalized spacial score (nSPS) is 25.4. The molecule has 0 aromatic heterocycles. The summed E-state index contributed by atoms with van der Waals surface area (Å²) in [7, 11) is -0.991. The summed E-state index contributed by atoms with van der Waals surface area (Å²) >= 11 is 0. The van der Waals surface area contributed by atoms with E-state index in [4.69, 9.17) is 18.6 Å². The standard InChI is InChI=1S/C24H38B2O4/c1-20(2,3)19(26-29-23(8,9)24(10,11)30-26)18(17-15-13-12-14-16-17)25-27-21(4,5)22(6,7)28-25/h12-16H,1-11H3/b19-18+. The maximum Gasteiger partial charge on any atom is 0.494 e. The maximum atomic E-state index is 6.53. The quantitative estimate of drug-likeness (QED) is 0.593. The highest BCUT2D eigenvalue weighted by Crippen LogP contribution is 2.48. The van der Waals surface area contributed by atoms with Crippen molar-refractivity contribution < 1.29 is 18.6 Å². The smallest absolute Gasteiger partial charge is 0.400 e. The molecule has 164 valence electrons. The molecule has 3 rings (SSSR count). The first-order valence-corrected chi connectivity index (χ1v) is 11.0. The van der Waals surface area contributed by atoms with Crippen LogP contribution in [-0.2, 0) is 18.6 Å². The van der Waals surface area contributed by atoms with Crippen LogP contribution >= 0.6 is 0 Å². The van der Waals surface area contributed by atoms with Gasteiger partial charge in [-0.1, -0.05) is 51.1 Å². The summed E-state index contributed by atoms with van der Waals surface area (Å²) in [5.74, 6) is 0. The highest BCUT2D eigenvalue weighted by Gasteiger charge is 2.58. The van der Waals surface area contributed by atoms with Gasteiger partial charge < -0.3 is 18.6 Å². The molecule has 0 spiro atoms. The molecule has 0 amide bonds. The summed E-state index contributed by atoms with van der Waals surface area (Å²) in [5.41, 5.74) is 1.18. The van der Waals surface area contributed by atoms with Gasteiger partial charge in [-0.15, -0.1) is 0 Å². The lowest BCUT2D eigenvalue weighted by Crippen LogP contribution is -2.41. The molecule has 2 saturated heterocycles. The molecule has 1 aromatic rings. The van der Waals surface area contributed by atoms with Gasteiger partial charge in [0.1, 0.15) is 0 Å². The first-order chi connectivity index (χ1) is 13.5. The molecule has 2 heterocycles. The molecule has 30 heavy (non-hydrogen) atoms. The number of allylic oxidation sites excluding steroid dienone is 1. The summed E-state index contributed by atoms with van der Waals surface area (Å²) in [6, 6.07) is 10.3. The second-order valence-corrected chi connectivity index (χ2v) is 11.6. The van der Waals surface area contributed by atoms with Crippen LogP contribution in [0.4, 0.5) is 0 Å². The highest BCUT2D eigenvalue weighted by atomic mass is 16.7. The van der Waals surface area contributed by atoms with Gasteiger partial charge in [-0.2, -0.15) is 0 Å². The van der Waals surface area contributed by atoms with E-state index in [1.165, 1.54) is 0 Å². The zero-order chi connectivity index (χ0) is 22.8. The zero-order valence-electron chi connectivity index (χ0n) is 20.7. The molecular formula is C24H38B2O4. The Labute approximate surface area is 184 Å². The summed E-state index contributed by atoms with van der Waals surface area (Å²) in [5, 5.41) is 0. The predicted molar refractivity (Wildman–Crippen MR) is 125 cm³/mol. The molecule has 0 N–H and O–H groups in total. The van der Waals surface area contributed by atoms with Gasteiger partial charge in [0.05, 0.1) is 22.4 Å². The van der Waals surface area contributed by atoms with Gasteiger partial charge in [0.25, 0.3) is 0 Å². The Bertz CT molecular complexity index is 787. The van der Waals surface area contributed by atoms with Gasteiger partial charge in [0.15, 0.2) is 0 Å². The fraction of sp³-hybridized carbons (Fsp3) is 0.667. The van der Waals surface area contributed by atoms with E-state index < -0.39 is 36.6 Å². The highest BCUT2D eigenvalue weighted by molar-refractivity contribution is 6.74. The van der Waals surface area contributed by atoms with Gasteiger partial charge >= 0.3 is 14.2 Å². The molecule has 6 heteroatoms. The van der Waals surface area contributed by atoms with E-state index in [2.05, 4.69) is 88.3 Å². The number of hydrogen-bond acceptors (Lipinski definition) is 4. The number of rotatable bonds is 3. The van der Waals surface area contributed by atoms with Gasteiger partial charge in [0, 0.05) is 0 Å². The monoisotopic (exact) mass is 412 g/mol. The minimum absolute atomic E-state index is 0.226. The fourth-order valence-corrected chi connectivity index (χ4v) is 3.84. The van der Waals surface area contributed by atoms with Crippen LogP contribution < -0.4 is 0 Å². The van der Waals surface area contributed by atoms with Crippen molar-refractivity contribution in [2.45, 2.75) is 98.6 Å². The SMILES string of the molecule is CC(C)(C)/C(B1OC(C)(C)C(C)(C)O1)=C(\B1OC(C)(C)C(C)(C)O1)c1ccccc1. The zero-order valence-corrected chi connectivity index (χ0v) is 20.7. The first kappa shape index (κ1) is 23.6. The maximum absolute atomic E-state index is 6.53. The third kappa shape index (κ3) is 4.04. The summed E-state index contributed by atoms with van der Waals surface area (Å²) in [4.78, 5) is 0. The molecule has 0 radical (unpaired) electrons. The Morgan fingerprint density at radius 1 is 0.633 bits per heavy atom. The van der Waals surface area contributed by atoms with E-state index in [9.17, 15) is 0 Å². The summed E-state index contributed by atoms with van der Waals surface area (Å²) in [6.07, 6.45) is 0. The van der Waals surface area contributed by atoms with E-state index >= 15 is 0 Å². The van der Waals surface area contributed by atoms with E-state index in [-0.39, 0.29) is 5.41 Å². The van der Waals surface area contributed by atoms with Crippen LogP contribution in [0, 0.1) is 5.41 Å². The Hall–Kier alpha value is -1.07. The third-order valence-corrected chi connectivity index (χ3v) is 7.16. The molecule has 0 unspecified atom stereocenters. The lowest BCUT2D eigenvalue weighted by Gasteiger charge is -2.32. The van der Waals surface area contributed by atoms with Crippen molar-refractivity contribution in [2.75, 3.05) is 0 Å². The van der Waals surface area contributed by atoms with Crippen molar-refractivity contribution in [2.24, 2.45) is 5.41 Å². The average Bonchev–Trinajstić information content (AvgIpc) is 2.91. The third-order valence-electron chi connectivity index (χ3n) is 7.16. The summed E-state index contributed by atoms with van der Waals surface area (Å²) in [6.45, 7) is 23.3. The molecule has 2 aliphatic rings. The van der Waals surface area contributed by atoms with Gasteiger partial charge in [0.2, 0.25) is 0 Å². The molecule has 4 nitrogen and oxygen atoms in total. The van der Waals surface area contributed by atoms with E-state index in [0.29, 0.717) is 0 Å². The number of hydrogen-bond donors (Lipinski definition) is 0. The van der Waals surface area contributed by atoms with Gasteiger partial charge in [-0.25, -0.2) is 0 Å². The van der Waals surface area contributed by atoms with Crippen molar-refractivity contribution in [3.05, 3.63) is 41.4 Å². The molecule has 0 bridgehead atoms. The second kappa shape index (κ2) is 7.23. The van der Waals surface area contributed by atoms with Crippen molar-refractivity contribution in [1.29, 1.82) is 0 Å². The Balaban J connectivity index is 2.23. The van der Waals surface area contributed by atoms with Crippen molar-refractivity contribution in [3.8, 4) is 0 Å². The molecule has 2 fully saturated rings. The lowest BCUT2D eigenvalue weighted by molar-refractivity contribution is 0.00578. The minimum atomic E-state index is -0.509. The van der Waals surface area contributed by atoms with Crippen LogP contribution in [0.3, 0.4) is 0 Å². The topological polar surface area (TPSA) is 36.9 Å². The van der Waals surface area contributed by atoms with Crippen molar-refractivity contribution >= 4 is 19.7 Å². The van der Waals surface area contributed by atoms with Crippen molar-refractivity contribution in [1.82, 2.24) is 0 Å². The van der Waals surface area contributed by atoms with Crippen molar-refractivity contribution in [3.63, 3.8) is 0 Å². The first-order valence-electron chi connectivity index (χ1n) is 11.0. The minimum Gasteiger partial charge on any atom is -0.400 e. The van der Waals surface area contributed by atoms with Crippen LogP contribution in [0.15, 0.2) is 35.8 Å². The van der Waals surface area contributed by atoms with Crippen LogP contribution in [0.2, 0.25) is 0 Å². The molecule has 2 aliphatic heterocycles. The lowest BCUT2D eigenvalue weighted by atomic mass is 9.55. The molecule has 0 aliphatic carbocycles. The molecule has 0 atom stereocenters. The number of benzene rings is 1. The van der Waals surface area contributed by atoms with Gasteiger partial charge in [-0.3, -0.25) is 0 Å². The Morgan fingerprint density at radius 3 is 1.37 bits per heavy atom. The predicted octanol–water partition coefficient (Wildman–Crippen LogP) is 5.75. The van der Waals surface area contributed by atoms with E-state index in [1.807, 2.05) is 18.2 Å². The Kier molecular flexibility index (Phi) is 5.69. The average molecular weight is 412 g/mol. The molecular weight excluding hydrogens is 374 g/mol. The second-order valence-electron chi connectivity index (χ2n) is 11.6. The van der Waals surface area contributed by atoms with Crippen LogP contribution in [0.5, 0.6) is 0 Å². The summed E-state index contributed by atoms with van der Waals surface area (Å²) < 4.78 is 26.1.